The van der Waals surface area contributed by atoms with Crippen molar-refractivity contribution in [1.82, 2.24) is 15.3 Å². The largest absolute Gasteiger partial charge is 0.367 e. The Morgan fingerprint density at radius 3 is 2.86 bits per heavy atom. The fourth-order valence-corrected chi connectivity index (χ4v) is 3.35. The summed E-state index contributed by atoms with van der Waals surface area (Å²) < 4.78 is 1.14. The van der Waals surface area contributed by atoms with Crippen molar-refractivity contribution in [3.05, 3.63) is 53.3 Å². The number of amides is 1. The highest BCUT2D eigenvalue weighted by Crippen LogP contribution is 2.30. The molecule has 3 aromatic rings. The van der Waals surface area contributed by atoms with E-state index in [0.717, 1.165) is 20.5 Å². The number of benzene rings is 1. The molecule has 112 valence electrons. The van der Waals surface area contributed by atoms with Gasteiger partial charge in [0.15, 0.2) is 0 Å². The van der Waals surface area contributed by atoms with Gasteiger partial charge in [0.05, 0.1) is 11.1 Å². The van der Waals surface area contributed by atoms with Gasteiger partial charge in [-0.3, -0.25) is 9.78 Å². The number of aryl methyl sites for hydroxylation is 1. The zero-order valence-corrected chi connectivity index (χ0v) is 13.0. The lowest BCUT2D eigenvalue weighted by molar-refractivity contribution is 0.0959. The number of hydrogen-bond acceptors (Lipinski definition) is 5. The van der Waals surface area contributed by atoms with E-state index in [-0.39, 0.29) is 5.91 Å². The zero-order valence-electron chi connectivity index (χ0n) is 12.2. The van der Waals surface area contributed by atoms with Crippen LogP contribution < -0.4 is 10.6 Å². The summed E-state index contributed by atoms with van der Waals surface area (Å²) in [6, 6.07) is 8.08. The summed E-state index contributed by atoms with van der Waals surface area (Å²) in [6.07, 6.45) is 4.90. The Labute approximate surface area is 132 Å². The maximum atomic E-state index is 12.3. The molecule has 1 amide bonds. The minimum atomic E-state index is -0.0281. The predicted octanol–water partition coefficient (Wildman–Crippen LogP) is 2.84. The Hall–Kier alpha value is -2.47. The molecule has 0 radical (unpaired) electrons. The Morgan fingerprint density at radius 2 is 2.09 bits per heavy atom. The average molecular weight is 312 g/mol. The SMILES string of the molecule is Cc1c(C(=O)NCCNc2cnccn2)sc2ccccc12. The normalized spacial score (nSPS) is 10.6. The molecule has 6 heteroatoms. The number of carbonyl (C=O) groups excluding carboxylic acids is 1. The van der Waals surface area contributed by atoms with Crippen LogP contribution in [-0.4, -0.2) is 29.0 Å². The molecule has 0 aliphatic heterocycles. The van der Waals surface area contributed by atoms with E-state index in [4.69, 9.17) is 0 Å². The molecular formula is C16H16N4OS. The van der Waals surface area contributed by atoms with E-state index in [2.05, 4.69) is 20.6 Å². The fourth-order valence-electron chi connectivity index (χ4n) is 2.23. The number of aromatic nitrogens is 2. The van der Waals surface area contributed by atoms with Crippen molar-refractivity contribution >= 4 is 33.1 Å². The van der Waals surface area contributed by atoms with Crippen LogP contribution in [0, 0.1) is 6.92 Å². The summed E-state index contributed by atoms with van der Waals surface area (Å²) in [5.74, 6) is 0.675. The summed E-state index contributed by atoms with van der Waals surface area (Å²) in [4.78, 5) is 21.2. The quantitative estimate of drug-likeness (QED) is 0.711. The number of nitrogens with zero attached hydrogens (tertiary/aromatic N) is 2. The molecule has 0 saturated heterocycles. The highest BCUT2D eigenvalue weighted by atomic mass is 32.1. The molecule has 0 aliphatic carbocycles. The fraction of sp³-hybridized carbons (Fsp3) is 0.188. The van der Waals surface area contributed by atoms with E-state index in [1.807, 2.05) is 31.2 Å². The molecule has 2 heterocycles. The number of rotatable bonds is 5. The van der Waals surface area contributed by atoms with Crippen molar-refractivity contribution in [3.63, 3.8) is 0 Å². The Bertz CT molecular complexity index is 785. The van der Waals surface area contributed by atoms with Crippen LogP contribution in [0.3, 0.4) is 0 Å². The van der Waals surface area contributed by atoms with Gasteiger partial charge in [0.1, 0.15) is 5.82 Å². The number of fused-ring (bicyclic) bond motifs is 1. The Kier molecular flexibility index (Phi) is 4.29. The smallest absolute Gasteiger partial charge is 0.261 e. The Balaban J connectivity index is 1.58. The highest BCUT2D eigenvalue weighted by Gasteiger charge is 2.14. The third-order valence-electron chi connectivity index (χ3n) is 3.33. The molecule has 1 aromatic carbocycles. The van der Waals surface area contributed by atoms with E-state index in [1.165, 1.54) is 11.3 Å². The third kappa shape index (κ3) is 3.07. The zero-order chi connectivity index (χ0) is 15.4. The highest BCUT2D eigenvalue weighted by molar-refractivity contribution is 7.21. The van der Waals surface area contributed by atoms with Crippen molar-refractivity contribution in [2.75, 3.05) is 18.4 Å². The van der Waals surface area contributed by atoms with E-state index in [0.29, 0.717) is 18.9 Å². The second-order valence-electron chi connectivity index (χ2n) is 4.83. The van der Waals surface area contributed by atoms with Gasteiger partial charge in [0.25, 0.3) is 5.91 Å². The van der Waals surface area contributed by atoms with Gasteiger partial charge < -0.3 is 10.6 Å². The minimum absolute atomic E-state index is 0.0281. The first-order valence-corrected chi connectivity index (χ1v) is 7.83. The van der Waals surface area contributed by atoms with Crippen molar-refractivity contribution in [2.24, 2.45) is 0 Å². The number of nitrogens with one attached hydrogen (secondary N) is 2. The molecule has 3 rings (SSSR count). The van der Waals surface area contributed by atoms with Crippen molar-refractivity contribution in [1.29, 1.82) is 0 Å². The number of carbonyl (C=O) groups is 1. The molecule has 0 atom stereocenters. The van der Waals surface area contributed by atoms with Crippen molar-refractivity contribution in [3.8, 4) is 0 Å². The lowest BCUT2D eigenvalue weighted by atomic mass is 10.1. The van der Waals surface area contributed by atoms with Gasteiger partial charge in [-0.05, 0) is 23.9 Å². The summed E-state index contributed by atoms with van der Waals surface area (Å²) in [6.45, 7) is 3.13. The second-order valence-corrected chi connectivity index (χ2v) is 5.88. The maximum Gasteiger partial charge on any atom is 0.261 e. The van der Waals surface area contributed by atoms with Gasteiger partial charge in [0, 0.05) is 30.2 Å². The van der Waals surface area contributed by atoms with Gasteiger partial charge in [-0.25, -0.2) is 4.98 Å². The summed E-state index contributed by atoms with van der Waals surface area (Å²) >= 11 is 1.53. The van der Waals surface area contributed by atoms with Crippen LogP contribution in [0.1, 0.15) is 15.2 Å². The van der Waals surface area contributed by atoms with Gasteiger partial charge in [-0.1, -0.05) is 18.2 Å². The number of thiophene rings is 1. The van der Waals surface area contributed by atoms with Crippen LogP contribution in [0.25, 0.3) is 10.1 Å². The molecule has 0 unspecified atom stereocenters. The second kappa shape index (κ2) is 6.53. The monoisotopic (exact) mass is 312 g/mol. The maximum absolute atomic E-state index is 12.3. The van der Waals surface area contributed by atoms with Crippen LogP contribution in [0.4, 0.5) is 5.82 Å². The first kappa shape index (κ1) is 14.5. The first-order chi connectivity index (χ1) is 10.8. The summed E-state index contributed by atoms with van der Waals surface area (Å²) in [7, 11) is 0. The van der Waals surface area contributed by atoms with Crippen LogP contribution in [0.2, 0.25) is 0 Å². The molecule has 0 saturated carbocycles. The van der Waals surface area contributed by atoms with Crippen LogP contribution >= 0.6 is 11.3 Å². The molecule has 2 N–H and O–H groups in total. The van der Waals surface area contributed by atoms with Crippen LogP contribution in [0.15, 0.2) is 42.9 Å². The lowest BCUT2D eigenvalue weighted by Crippen LogP contribution is -2.28. The van der Waals surface area contributed by atoms with E-state index < -0.39 is 0 Å². The van der Waals surface area contributed by atoms with Gasteiger partial charge in [-0.15, -0.1) is 11.3 Å². The van der Waals surface area contributed by atoms with Crippen LogP contribution in [0.5, 0.6) is 0 Å². The van der Waals surface area contributed by atoms with Crippen molar-refractivity contribution in [2.45, 2.75) is 6.92 Å². The van der Waals surface area contributed by atoms with Crippen LogP contribution in [-0.2, 0) is 0 Å². The molecule has 0 fully saturated rings. The molecular weight excluding hydrogens is 296 g/mol. The predicted molar refractivity (Wildman–Crippen MR) is 89.4 cm³/mol. The summed E-state index contributed by atoms with van der Waals surface area (Å²) in [5.41, 5.74) is 1.04. The van der Waals surface area contributed by atoms with E-state index in [9.17, 15) is 4.79 Å². The van der Waals surface area contributed by atoms with E-state index in [1.54, 1.807) is 18.6 Å². The van der Waals surface area contributed by atoms with E-state index >= 15 is 0 Å². The Morgan fingerprint density at radius 1 is 1.23 bits per heavy atom. The average Bonchev–Trinajstić information content (AvgIpc) is 2.90. The van der Waals surface area contributed by atoms with Crippen molar-refractivity contribution < 1.29 is 4.79 Å². The molecule has 22 heavy (non-hydrogen) atoms. The standard InChI is InChI=1S/C16H16N4OS/c1-11-12-4-2-3-5-13(12)22-15(11)16(21)20-9-8-19-14-10-17-6-7-18-14/h2-7,10H,8-9H2,1H3,(H,18,19)(H,20,21). The molecule has 0 spiro atoms. The molecule has 0 aliphatic rings. The molecule has 5 nitrogen and oxygen atoms in total. The topological polar surface area (TPSA) is 66.9 Å². The molecule has 2 aromatic heterocycles. The lowest BCUT2D eigenvalue weighted by Gasteiger charge is -2.06. The first-order valence-electron chi connectivity index (χ1n) is 7.02. The summed E-state index contributed by atoms with van der Waals surface area (Å²) in [5, 5.41) is 7.19. The van der Waals surface area contributed by atoms with Gasteiger partial charge >= 0.3 is 0 Å². The van der Waals surface area contributed by atoms with Gasteiger partial charge in [0.2, 0.25) is 0 Å². The third-order valence-corrected chi connectivity index (χ3v) is 4.60. The van der Waals surface area contributed by atoms with Gasteiger partial charge in [-0.2, -0.15) is 0 Å². The number of anilines is 1. The molecule has 0 bridgehead atoms. The minimum Gasteiger partial charge on any atom is -0.367 e. The number of hydrogen-bond donors (Lipinski definition) is 2.